The summed E-state index contributed by atoms with van der Waals surface area (Å²) in [5, 5.41) is 0. The van der Waals surface area contributed by atoms with Crippen molar-refractivity contribution in [1.82, 2.24) is 4.98 Å². The Balaban J connectivity index is 1.31. The number of hydrogen-bond acceptors (Lipinski definition) is 5. The summed E-state index contributed by atoms with van der Waals surface area (Å²) in [5.41, 5.74) is 1.59. The minimum Gasteiger partial charge on any atom is -0.454 e. The van der Waals surface area contributed by atoms with Crippen molar-refractivity contribution in [3.05, 3.63) is 41.7 Å². The summed E-state index contributed by atoms with van der Waals surface area (Å²) in [6, 6.07) is 3.22. The van der Waals surface area contributed by atoms with E-state index in [1.165, 1.54) is 5.57 Å². The van der Waals surface area contributed by atoms with Gasteiger partial charge in [0, 0.05) is 23.7 Å². The third kappa shape index (κ3) is 3.76. The second kappa shape index (κ2) is 8.73. The maximum atomic E-state index is 13.4. The fraction of sp³-hybridized carbons (Fsp3) is 0.655. The molecule has 5 rings (SSSR count). The van der Waals surface area contributed by atoms with E-state index >= 15 is 0 Å². The number of Topliss-reactive ketones (excluding diaryl/α,β-unsaturated/α-hetero) is 1. The van der Waals surface area contributed by atoms with Gasteiger partial charge in [0.15, 0.2) is 18.2 Å². The average Bonchev–Trinajstić information content (AvgIpc) is 3.23. The van der Waals surface area contributed by atoms with E-state index in [9.17, 15) is 14.4 Å². The number of hydrogen-bond donors (Lipinski definition) is 0. The fourth-order valence-electron chi connectivity index (χ4n) is 8.29. The van der Waals surface area contributed by atoms with Crippen molar-refractivity contribution in [3.63, 3.8) is 0 Å². The lowest BCUT2D eigenvalue weighted by molar-refractivity contribution is -0.134. The van der Waals surface area contributed by atoms with Gasteiger partial charge < -0.3 is 4.74 Å². The van der Waals surface area contributed by atoms with E-state index < -0.39 is 5.97 Å². The Morgan fingerprint density at radius 1 is 1.09 bits per heavy atom. The molecule has 0 bridgehead atoms. The molecule has 1 aromatic heterocycles. The van der Waals surface area contributed by atoms with Gasteiger partial charge in [0.1, 0.15) is 0 Å². The Bertz CT molecular complexity index is 1010. The lowest BCUT2D eigenvalue weighted by atomic mass is 9.49. The largest absolute Gasteiger partial charge is 0.454 e. The minimum absolute atomic E-state index is 0.0185. The standard InChI is InChI=1S/C29H37NO4/c1-4-29-12-9-20-21(6-5-19-15-26(32)28(2,3)16-22(19)20)23(29)7-8-24(29)25(31)17-34-27(33)18-10-13-30-14-11-18/h10-11,13-15,20-24H,4-9,12,16-17H2,1-3H3/t20-,21+,22-,23-,24+,29-/m0/s1. The molecule has 1 heterocycles. The van der Waals surface area contributed by atoms with Crippen molar-refractivity contribution in [1.29, 1.82) is 0 Å². The summed E-state index contributed by atoms with van der Waals surface area (Å²) in [4.78, 5) is 42.2. The third-order valence-electron chi connectivity index (χ3n) is 9.99. The van der Waals surface area contributed by atoms with Gasteiger partial charge in [-0.3, -0.25) is 14.6 Å². The first kappa shape index (κ1) is 23.4. The molecule has 34 heavy (non-hydrogen) atoms. The Kier molecular flexibility index (Phi) is 6.02. The van der Waals surface area contributed by atoms with Crippen LogP contribution >= 0.6 is 0 Å². The Hall–Kier alpha value is -2.30. The van der Waals surface area contributed by atoms with E-state index in [1.54, 1.807) is 24.5 Å². The monoisotopic (exact) mass is 463 g/mol. The number of aromatic nitrogens is 1. The van der Waals surface area contributed by atoms with E-state index in [2.05, 4.69) is 25.8 Å². The molecule has 5 nitrogen and oxygen atoms in total. The number of carbonyl (C=O) groups excluding carboxylic acids is 3. The van der Waals surface area contributed by atoms with Crippen molar-refractivity contribution >= 4 is 17.5 Å². The minimum atomic E-state index is -0.458. The number of ketones is 2. The summed E-state index contributed by atoms with van der Waals surface area (Å²) in [7, 11) is 0. The van der Waals surface area contributed by atoms with Crippen molar-refractivity contribution < 1.29 is 19.1 Å². The number of esters is 1. The number of pyridine rings is 1. The van der Waals surface area contributed by atoms with E-state index in [0.717, 1.165) is 51.4 Å². The van der Waals surface area contributed by atoms with Gasteiger partial charge in [-0.05, 0) is 98.7 Å². The molecular weight excluding hydrogens is 426 g/mol. The zero-order chi connectivity index (χ0) is 24.1. The lowest BCUT2D eigenvalue weighted by Crippen LogP contribution is -2.50. The molecular formula is C29H37NO4. The summed E-state index contributed by atoms with van der Waals surface area (Å²) in [6.45, 7) is 6.31. The highest BCUT2D eigenvalue weighted by Crippen LogP contribution is 2.65. The number of fused-ring (bicyclic) bond motifs is 5. The van der Waals surface area contributed by atoms with E-state index in [0.29, 0.717) is 35.0 Å². The predicted octanol–water partition coefficient (Wildman–Crippen LogP) is 5.59. The molecule has 4 aliphatic carbocycles. The van der Waals surface area contributed by atoms with E-state index in [-0.39, 0.29) is 29.1 Å². The first-order chi connectivity index (χ1) is 16.3. The maximum Gasteiger partial charge on any atom is 0.338 e. The first-order valence-electron chi connectivity index (χ1n) is 13.1. The quantitative estimate of drug-likeness (QED) is 0.532. The molecule has 4 aliphatic rings. The van der Waals surface area contributed by atoms with Crippen LogP contribution in [0.4, 0.5) is 0 Å². The Morgan fingerprint density at radius 2 is 1.85 bits per heavy atom. The number of nitrogens with zero attached hydrogens (tertiary/aromatic N) is 1. The summed E-state index contributed by atoms with van der Waals surface area (Å²) in [6.07, 6.45) is 13.5. The fourth-order valence-corrected chi connectivity index (χ4v) is 8.29. The zero-order valence-corrected chi connectivity index (χ0v) is 20.7. The summed E-state index contributed by atoms with van der Waals surface area (Å²) >= 11 is 0. The normalized spacial score (nSPS) is 36.0. The van der Waals surface area contributed by atoms with Crippen LogP contribution in [0.1, 0.15) is 82.5 Å². The van der Waals surface area contributed by atoms with Crippen molar-refractivity contribution in [2.75, 3.05) is 6.61 Å². The molecule has 3 saturated carbocycles. The van der Waals surface area contributed by atoms with Crippen LogP contribution in [0.25, 0.3) is 0 Å². The molecule has 6 atom stereocenters. The highest BCUT2D eigenvalue weighted by Gasteiger charge is 2.59. The van der Waals surface area contributed by atoms with Crippen LogP contribution in [-0.4, -0.2) is 29.1 Å². The van der Waals surface area contributed by atoms with Gasteiger partial charge in [-0.15, -0.1) is 0 Å². The maximum absolute atomic E-state index is 13.4. The second-order valence-corrected chi connectivity index (χ2v) is 11.8. The van der Waals surface area contributed by atoms with Crippen molar-refractivity contribution in [3.8, 4) is 0 Å². The van der Waals surface area contributed by atoms with Crippen LogP contribution in [0.5, 0.6) is 0 Å². The smallest absolute Gasteiger partial charge is 0.338 e. The van der Waals surface area contributed by atoms with Gasteiger partial charge in [0.05, 0.1) is 5.56 Å². The molecule has 3 fully saturated rings. The molecule has 0 spiro atoms. The van der Waals surface area contributed by atoms with Gasteiger partial charge in [0.25, 0.3) is 0 Å². The molecule has 0 N–H and O–H groups in total. The highest BCUT2D eigenvalue weighted by atomic mass is 16.5. The lowest BCUT2D eigenvalue weighted by Gasteiger charge is -2.55. The van der Waals surface area contributed by atoms with Crippen LogP contribution in [-0.2, 0) is 14.3 Å². The van der Waals surface area contributed by atoms with E-state index in [1.807, 2.05) is 6.08 Å². The number of rotatable bonds is 5. The molecule has 0 aromatic carbocycles. The van der Waals surface area contributed by atoms with Crippen molar-refractivity contribution in [2.45, 2.75) is 72.1 Å². The highest BCUT2D eigenvalue weighted by molar-refractivity contribution is 5.96. The molecule has 182 valence electrons. The van der Waals surface area contributed by atoms with Gasteiger partial charge >= 0.3 is 5.97 Å². The zero-order valence-electron chi connectivity index (χ0n) is 20.7. The Morgan fingerprint density at radius 3 is 2.59 bits per heavy atom. The summed E-state index contributed by atoms with van der Waals surface area (Å²) in [5.74, 6) is 2.26. The van der Waals surface area contributed by atoms with Crippen LogP contribution in [0.2, 0.25) is 0 Å². The third-order valence-corrected chi connectivity index (χ3v) is 9.99. The molecule has 0 saturated heterocycles. The second-order valence-electron chi connectivity index (χ2n) is 11.8. The molecule has 0 amide bonds. The number of carbonyl (C=O) groups is 3. The first-order valence-corrected chi connectivity index (χ1v) is 13.1. The topological polar surface area (TPSA) is 73.3 Å². The van der Waals surface area contributed by atoms with Crippen LogP contribution in [0.15, 0.2) is 36.2 Å². The van der Waals surface area contributed by atoms with Gasteiger partial charge in [-0.25, -0.2) is 4.79 Å². The van der Waals surface area contributed by atoms with Crippen LogP contribution in [0, 0.1) is 40.4 Å². The molecule has 0 radical (unpaired) electrons. The molecule has 5 heteroatoms. The van der Waals surface area contributed by atoms with Gasteiger partial charge in [-0.2, -0.15) is 0 Å². The SMILES string of the molecule is CC[C@]12CC[C@H]3[C@@H](CCC4=CC(=O)C(C)(C)C[C@@H]43)[C@@H]1CC[C@@H]2C(=O)COC(=O)c1ccncc1. The van der Waals surface area contributed by atoms with Crippen LogP contribution in [0.3, 0.4) is 0 Å². The van der Waals surface area contributed by atoms with Gasteiger partial charge in [0.2, 0.25) is 0 Å². The van der Waals surface area contributed by atoms with Crippen molar-refractivity contribution in [2.24, 2.45) is 40.4 Å². The Labute approximate surface area is 202 Å². The van der Waals surface area contributed by atoms with Gasteiger partial charge in [-0.1, -0.05) is 26.3 Å². The summed E-state index contributed by atoms with van der Waals surface area (Å²) < 4.78 is 5.43. The molecule has 0 unspecified atom stereocenters. The molecule has 0 aliphatic heterocycles. The molecule has 1 aromatic rings. The number of ether oxygens (including phenoxy) is 1. The number of allylic oxidation sites excluding steroid dienone is 1. The van der Waals surface area contributed by atoms with E-state index in [4.69, 9.17) is 4.74 Å². The van der Waals surface area contributed by atoms with Crippen LogP contribution < -0.4 is 0 Å². The average molecular weight is 464 g/mol. The predicted molar refractivity (Wildman–Crippen MR) is 129 cm³/mol.